The molecule has 0 radical (unpaired) electrons. The lowest BCUT2D eigenvalue weighted by atomic mass is 10.1. The summed E-state index contributed by atoms with van der Waals surface area (Å²) in [5.74, 6) is 5.54. The Morgan fingerprint density at radius 2 is 2.00 bits per heavy atom. The van der Waals surface area contributed by atoms with Crippen LogP contribution in [0.1, 0.15) is 28.0 Å². The van der Waals surface area contributed by atoms with Crippen molar-refractivity contribution in [3.05, 3.63) is 47.5 Å². The van der Waals surface area contributed by atoms with E-state index in [1.54, 1.807) is 24.3 Å². The average Bonchev–Trinajstić information content (AvgIpc) is 3.33. The van der Waals surface area contributed by atoms with Crippen LogP contribution in [0.15, 0.2) is 30.6 Å². The maximum atomic E-state index is 11.2. The van der Waals surface area contributed by atoms with E-state index in [0.717, 1.165) is 0 Å². The smallest absolute Gasteiger partial charge is 0.248 e. The van der Waals surface area contributed by atoms with Crippen LogP contribution in [0.3, 0.4) is 0 Å². The van der Waals surface area contributed by atoms with Crippen LogP contribution in [0.4, 0.5) is 5.82 Å². The first-order valence-electron chi connectivity index (χ1n) is 9.51. The highest BCUT2D eigenvalue weighted by atomic mass is 16.6. The molecule has 2 aromatic heterocycles. The van der Waals surface area contributed by atoms with Crippen LogP contribution >= 0.6 is 0 Å². The van der Waals surface area contributed by atoms with Gasteiger partial charge >= 0.3 is 0 Å². The van der Waals surface area contributed by atoms with Crippen molar-refractivity contribution in [2.45, 2.75) is 24.5 Å². The second-order valence-corrected chi connectivity index (χ2v) is 6.95. The van der Waals surface area contributed by atoms with Gasteiger partial charge in [-0.3, -0.25) is 14.2 Å². The highest BCUT2D eigenvalue weighted by molar-refractivity contribution is 5.92. The van der Waals surface area contributed by atoms with Gasteiger partial charge in [-0.05, 0) is 30.2 Å². The number of aliphatic hydroxyl groups excluding tert-OH is 3. The number of aliphatic hydroxyl groups is 3. The van der Waals surface area contributed by atoms with Gasteiger partial charge in [-0.25, -0.2) is 15.4 Å². The molecule has 1 aromatic carbocycles. The number of nitrogens with two attached hydrogens (primary N) is 1. The molecule has 0 bridgehead atoms. The van der Waals surface area contributed by atoms with Gasteiger partial charge in [-0.15, -0.1) is 0 Å². The molecule has 1 amide bonds. The van der Waals surface area contributed by atoms with Gasteiger partial charge in [-0.2, -0.15) is 4.98 Å². The first kappa shape index (κ1) is 21.6. The molecule has 12 nitrogen and oxygen atoms in total. The first-order valence-corrected chi connectivity index (χ1v) is 9.51. The molecule has 4 rings (SSSR count). The molecule has 0 unspecified atom stereocenters. The third-order valence-electron chi connectivity index (χ3n) is 4.90. The summed E-state index contributed by atoms with van der Waals surface area (Å²) in [6, 6.07) is 6.41. The molecule has 0 saturated carbocycles. The quantitative estimate of drug-likeness (QED) is 0.242. The average molecular weight is 440 g/mol. The molecular formula is C20H20N6O6. The predicted molar refractivity (Wildman–Crippen MR) is 110 cm³/mol. The summed E-state index contributed by atoms with van der Waals surface area (Å²) in [5.41, 5.74) is 9.41. The molecule has 4 atom stereocenters. The Kier molecular flexibility index (Phi) is 5.99. The number of amides is 1. The van der Waals surface area contributed by atoms with Gasteiger partial charge in [0.2, 0.25) is 11.7 Å². The minimum atomic E-state index is -1.31. The molecule has 3 heterocycles. The van der Waals surface area contributed by atoms with E-state index in [1.165, 1.54) is 18.0 Å². The number of ether oxygens (including phenoxy) is 1. The van der Waals surface area contributed by atoms with E-state index in [-0.39, 0.29) is 17.3 Å². The summed E-state index contributed by atoms with van der Waals surface area (Å²) in [6.07, 6.45) is -3.19. The van der Waals surface area contributed by atoms with E-state index >= 15 is 0 Å². The summed E-state index contributed by atoms with van der Waals surface area (Å²) in [6.45, 7) is -0.460. The SMILES string of the molecule is CONc1nc(C#Cc2ccc(C(N)=O)cc2)nc2c1ncn2[C@@H]1O[C@H](CO)[C@@H](O)[C@@H]1O. The van der Waals surface area contributed by atoms with Crippen molar-refractivity contribution in [1.29, 1.82) is 0 Å². The number of fused-ring (bicyclic) bond motifs is 1. The number of aromatic nitrogens is 4. The Balaban J connectivity index is 1.73. The lowest BCUT2D eigenvalue weighted by molar-refractivity contribution is -0.0511. The van der Waals surface area contributed by atoms with Crippen molar-refractivity contribution in [3.63, 3.8) is 0 Å². The zero-order valence-corrected chi connectivity index (χ0v) is 16.8. The number of carbonyl (C=O) groups is 1. The number of nitrogens with zero attached hydrogens (tertiary/aromatic N) is 4. The molecule has 0 spiro atoms. The van der Waals surface area contributed by atoms with Crippen LogP contribution in [0, 0.1) is 11.8 Å². The predicted octanol–water partition coefficient (Wildman–Crippen LogP) is -1.09. The Bertz CT molecular complexity index is 1200. The molecule has 1 fully saturated rings. The van der Waals surface area contributed by atoms with E-state index in [1.807, 2.05) is 0 Å². The van der Waals surface area contributed by atoms with Crippen molar-refractivity contribution >= 4 is 22.9 Å². The number of nitrogens with one attached hydrogen (secondary N) is 1. The number of benzene rings is 1. The Hall–Kier alpha value is -3.60. The second kappa shape index (κ2) is 8.87. The van der Waals surface area contributed by atoms with Gasteiger partial charge in [0.15, 0.2) is 23.2 Å². The Morgan fingerprint density at radius 1 is 1.25 bits per heavy atom. The summed E-state index contributed by atoms with van der Waals surface area (Å²) < 4.78 is 7.00. The van der Waals surface area contributed by atoms with Crippen molar-refractivity contribution in [1.82, 2.24) is 19.5 Å². The van der Waals surface area contributed by atoms with Crippen molar-refractivity contribution in [3.8, 4) is 11.8 Å². The minimum Gasteiger partial charge on any atom is -0.394 e. The van der Waals surface area contributed by atoms with Crippen LogP contribution in [-0.4, -0.2) is 72.8 Å². The number of primary amides is 1. The fourth-order valence-electron chi connectivity index (χ4n) is 3.28. The molecule has 0 aliphatic carbocycles. The minimum absolute atomic E-state index is 0.115. The fraction of sp³-hybridized carbons (Fsp3) is 0.300. The van der Waals surface area contributed by atoms with E-state index in [0.29, 0.717) is 16.6 Å². The van der Waals surface area contributed by atoms with Gasteiger partial charge in [0, 0.05) is 11.1 Å². The number of anilines is 1. The van der Waals surface area contributed by atoms with Gasteiger partial charge < -0.3 is 25.8 Å². The van der Waals surface area contributed by atoms with Gasteiger partial charge in [0.05, 0.1) is 20.0 Å². The monoisotopic (exact) mass is 440 g/mol. The van der Waals surface area contributed by atoms with E-state index in [9.17, 15) is 20.1 Å². The molecule has 1 aliphatic heterocycles. The molecular weight excluding hydrogens is 420 g/mol. The summed E-state index contributed by atoms with van der Waals surface area (Å²) in [5, 5.41) is 29.8. The lowest BCUT2D eigenvalue weighted by Gasteiger charge is -2.16. The van der Waals surface area contributed by atoms with Crippen LogP contribution < -0.4 is 11.2 Å². The van der Waals surface area contributed by atoms with Gasteiger partial charge in [0.25, 0.3) is 0 Å². The Morgan fingerprint density at radius 3 is 2.62 bits per heavy atom. The summed E-state index contributed by atoms with van der Waals surface area (Å²) in [4.78, 5) is 29.1. The summed E-state index contributed by atoms with van der Waals surface area (Å²) in [7, 11) is 1.41. The first-order chi connectivity index (χ1) is 15.4. The fourth-order valence-corrected chi connectivity index (χ4v) is 3.28. The highest BCUT2D eigenvalue weighted by Crippen LogP contribution is 2.32. The van der Waals surface area contributed by atoms with Gasteiger partial charge in [0.1, 0.15) is 18.3 Å². The third-order valence-corrected chi connectivity index (χ3v) is 4.90. The van der Waals surface area contributed by atoms with E-state index in [2.05, 4.69) is 32.3 Å². The van der Waals surface area contributed by atoms with Crippen LogP contribution in [0.2, 0.25) is 0 Å². The largest absolute Gasteiger partial charge is 0.394 e. The summed E-state index contributed by atoms with van der Waals surface area (Å²) >= 11 is 0. The highest BCUT2D eigenvalue weighted by Gasteiger charge is 2.44. The molecule has 32 heavy (non-hydrogen) atoms. The molecule has 3 aromatic rings. The Labute approximate surface area is 181 Å². The number of rotatable bonds is 5. The van der Waals surface area contributed by atoms with E-state index in [4.69, 9.17) is 15.3 Å². The number of imidazole rings is 1. The number of carbonyl (C=O) groups excluding carboxylic acids is 1. The zero-order valence-electron chi connectivity index (χ0n) is 16.8. The maximum absolute atomic E-state index is 11.2. The van der Waals surface area contributed by atoms with Crippen molar-refractivity contribution in [2.24, 2.45) is 5.73 Å². The maximum Gasteiger partial charge on any atom is 0.248 e. The van der Waals surface area contributed by atoms with Crippen LogP contribution in [-0.2, 0) is 9.57 Å². The molecule has 1 saturated heterocycles. The second-order valence-electron chi connectivity index (χ2n) is 6.95. The normalized spacial score (nSPS) is 22.5. The molecule has 1 aliphatic rings. The number of hydrogen-bond acceptors (Lipinski definition) is 10. The van der Waals surface area contributed by atoms with Gasteiger partial charge in [-0.1, -0.05) is 5.92 Å². The topological polar surface area (TPSA) is 178 Å². The zero-order chi connectivity index (χ0) is 22.8. The van der Waals surface area contributed by atoms with Crippen LogP contribution in [0.25, 0.3) is 11.2 Å². The molecule has 166 valence electrons. The number of hydrogen-bond donors (Lipinski definition) is 5. The lowest BCUT2D eigenvalue weighted by Crippen LogP contribution is -2.33. The molecule has 12 heteroatoms. The van der Waals surface area contributed by atoms with Crippen molar-refractivity contribution in [2.75, 3.05) is 19.2 Å². The molecule has 6 N–H and O–H groups in total. The van der Waals surface area contributed by atoms with Crippen molar-refractivity contribution < 1.29 is 29.7 Å². The van der Waals surface area contributed by atoms with E-state index < -0.39 is 37.1 Å². The standard InChI is InChI=1S/C20H20N6O6/c1-31-25-18-14-19(26(9-22-14)20-16(29)15(28)12(8-27)32-20)24-13(23-18)7-4-10-2-5-11(6-3-10)17(21)30/h2-3,5-6,9,12,15-16,20,27-29H,8H2,1H3,(H2,21,30)(H,23,24,25)/t12-,15-,16+,20-/m1/s1. The third kappa shape index (κ3) is 3.98. The van der Waals surface area contributed by atoms with Crippen LogP contribution in [0.5, 0.6) is 0 Å².